The molecule has 2 saturated heterocycles. The van der Waals surface area contributed by atoms with Gasteiger partial charge in [-0.2, -0.15) is 10.1 Å². The van der Waals surface area contributed by atoms with Crippen molar-refractivity contribution in [2.45, 2.75) is 95.7 Å². The van der Waals surface area contributed by atoms with Crippen molar-refractivity contribution in [3.63, 3.8) is 0 Å². The quantitative estimate of drug-likeness (QED) is 0.376. The Morgan fingerprint density at radius 2 is 1.94 bits per heavy atom. The maximum absolute atomic E-state index is 14.5. The van der Waals surface area contributed by atoms with E-state index >= 15 is 0 Å². The number of hydrogen-bond donors (Lipinski definition) is 1. The fraction of sp³-hybridized carbons (Fsp3) is 0.611. The van der Waals surface area contributed by atoms with E-state index in [0.717, 1.165) is 79.9 Å². The molecule has 11 nitrogen and oxygen atoms in total. The highest BCUT2D eigenvalue weighted by molar-refractivity contribution is 5.92. The highest BCUT2D eigenvalue weighted by Gasteiger charge is 2.49. The zero-order valence-corrected chi connectivity index (χ0v) is 29.0. The minimum absolute atomic E-state index is 0.118. The molecular weight excluding hydrogens is 611 g/mol. The number of aromatic nitrogens is 4. The number of carbonyl (C=O) groups is 1. The molecule has 0 saturated carbocycles. The number of nitrogens with zero attached hydrogens (tertiary/aromatic N) is 8. The smallest absolute Gasteiger partial charge is 0.318 e. The molecule has 4 aliphatic rings. The van der Waals surface area contributed by atoms with E-state index in [2.05, 4.69) is 39.8 Å². The Kier molecular flexibility index (Phi) is 8.60. The molecule has 2 fully saturated rings. The fourth-order valence-corrected chi connectivity index (χ4v) is 8.54. The Hall–Kier alpha value is -3.77. The lowest BCUT2D eigenvalue weighted by molar-refractivity contribution is 0.0821. The Balaban J connectivity index is 1.23. The van der Waals surface area contributed by atoms with Crippen LogP contribution in [0.3, 0.4) is 0 Å². The van der Waals surface area contributed by atoms with Crippen LogP contribution in [-0.2, 0) is 31.6 Å². The maximum Gasteiger partial charge on any atom is 0.318 e. The van der Waals surface area contributed by atoms with Gasteiger partial charge in [0, 0.05) is 57.8 Å². The summed E-state index contributed by atoms with van der Waals surface area (Å²) in [6.45, 7) is 8.61. The summed E-state index contributed by atoms with van der Waals surface area (Å²) in [7, 11) is 5.62. The van der Waals surface area contributed by atoms with Gasteiger partial charge >= 0.3 is 6.01 Å². The first-order chi connectivity index (χ1) is 23.0. The number of phenolic OH excluding ortho intramolecular Hbond substituents is 1. The van der Waals surface area contributed by atoms with Gasteiger partial charge in [0.2, 0.25) is 0 Å². The van der Waals surface area contributed by atoms with Crippen molar-refractivity contribution in [2.24, 2.45) is 0 Å². The van der Waals surface area contributed by atoms with Gasteiger partial charge in [0.15, 0.2) is 5.69 Å². The van der Waals surface area contributed by atoms with Gasteiger partial charge in [0.1, 0.15) is 24.3 Å². The molecule has 258 valence electrons. The zero-order valence-electron chi connectivity index (χ0n) is 29.0. The molecule has 3 atom stereocenters. The molecule has 1 N–H and O–H groups in total. The Labute approximate surface area is 282 Å². The number of alkyl halides is 1. The average Bonchev–Trinajstić information content (AvgIpc) is 3.68. The molecule has 2 aromatic heterocycles. The Morgan fingerprint density at radius 3 is 2.75 bits per heavy atom. The van der Waals surface area contributed by atoms with Gasteiger partial charge in [-0.15, -0.1) is 0 Å². The van der Waals surface area contributed by atoms with Crippen LogP contribution >= 0.6 is 0 Å². The topological polar surface area (TPSA) is 103 Å². The van der Waals surface area contributed by atoms with Crippen molar-refractivity contribution < 1.29 is 19.0 Å². The zero-order chi connectivity index (χ0) is 33.8. The van der Waals surface area contributed by atoms with Crippen molar-refractivity contribution in [3.05, 3.63) is 58.0 Å². The van der Waals surface area contributed by atoms with Crippen LogP contribution in [0.15, 0.2) is 24.3 Å². The van der Waals surface area contributed by atoms with Crippen LogP contribution in [-0.4, -0.2) is 105 Å². The third kappa shape index (κ3) is 5.91. The van der Waals surface area contributed by atoms with E-state index in [4.69, 9.17) is 14.7 Å². The summed E-state index contributed by atoms with van der Waals surface area (Å²) in [6.07, 6.45) is 5.49. The third-order valence-electron chi connectivity index (χ3n) is 11.4. The first-order valence-corrected chi connectivity index (χ1v) is 17.4. The van der Waals surface area contributed by atoms with Crippen LogP contribution in [0.4, 0.5) is 10.2 Å². The molecule has 0 radical (unpaired) electrons. The first-order valence-electron chi connectivity index (χ1n) is 17.4. The van der Waals surface area contributed by atoms with Crippen molar-refractivity contribution in [2.75, 3.05) is 52.3 Å². The average molecular weight is 661 g/mol. The number of aryl methyl sites for hydroxylation is 3. The largest absolute Gasteiger partial charge is 0.508 e. The lowest BCUT2D eigenvalue weighted by atomic mass is 9.76. The minimum Gasteiger partial charge on any atom is -0.508 e. The van der Waals surface area contributed by atoms with Crippen LogP contribution in [0.25, 0.3) is 0 Å². The van der Waals surface area contributed by atoms with Crippen molar-refractivity contribution >= 4 is 11.7 Å². The standard InChI is InChI=1S/C36H49FN8O3/c1-24-29(22-42(5)35(2)12-6-9-25-10-11-28(46)18-30(25)35)32(39-34(38-24)48-23-36-13-7-15-44(36)20-26(37)19-36)43-14-8-16-45-27(21-43)17-31(40-45)33(47)41(3)4/h10-11,17-18,26,46H,6-9,12-16,19-23H2,1-5H3/t26-,35+,36+/m1/s1. The van der Waals surface area contributed by atoms with Crippen LogP contribution in [0, 0.1) is 6.92 Å². The van der Waals surface area contributed by atoms with Crippen LogP contribution in [0.2, 0.25) is 0 Å². The summed E-state index contributed by atoms with van der Waals surface area (Å²) >= 11 is 0. The molecule has 1 amide bonds. The molecule has 0 bridgehead atoms. The molecule has 48 heavy (non-hydrogen) atoms. The summed E-state index contributed by atoms with van der Waals surface area (Å²) in [4.78, 5) is 31.2. The molecule has 12 heteroatoms. The lowest BCUT2D eigenvalue weighted by Gasteiger charge is -2.44. The highest BCUT2D eigenvalue weighted by atomic mass is 19.1. The molecule has 1 aromatic carbocycles. The summed E-state index contributed by atoms with van der Waals surface area (Å²) < 4.78 is 22.9. The summed E-state index contributed by atoms with van der Waals surface area (Å²) in [5.41, 5.74) is 5.10. The molecule has 1 aliphatic carbocycles. The van der Waals surface area contributed by atoms with E-state index in [-0.39, 0.29) is 22.7 Å². The monoisotopic (exact) mass is 660 g/mol. The summed E-state index contributed by atoms with van der Waals surface area (Å²) in [5, 5.41) is 15.1. The number of fused-ring (bicyclic) bond motifs is 3. The van der Waals surface area contributed by atoms with E-state index in [1.807, 2.05) is 23.7 Å². The number of ether oxygens (including phenoxy) is 1. The van der Waals surface area contributed by atoms with Gasteiger partial charge in [-0.1, -0.05) is 6.07 Å². The molecule has 5 heterocycles. The Morgan fingerprint density at radius 1 is 1.10 bits per heavy atom. The molecule has 3 aliphatic heterocycles. The van der Waals surface area contributed by atoms with E-state index in [1.165, 1.54) is 5.56 Å². The van der Waals surface area contributed by atoms with Crippen molar-refractivity contribution in [1.82, 2.24) is 34.4 Å². The first kappa shape index (κ1) is 32.8. The fourth-order valence-electron chi connectivity index (χ4n) is 8.54. The second-order valence-electron chi connectivity index (χ2n) is 14.8. The highest BCUT2D eigenvalue weighted by Crippen LogP contribution is 2.43. The number of carbonyl (C=O) groups excluding carboxylic acids is 1. The number of hydrogen-bond acceptors (Lipinski definition) is 9. The van der Waals surface area contributed by atoms with Gasteiger partial charge in [-0.3, -0.25) is 19.3 Å². The lowest BCUT2D eigenvalue weighted by Crippen LogP contribution is -2.44. The number of aromatic hydroxyl groups is 1. The van der Waals surface area contributed by atoms with Crippen LogP contribution in [0.5, 0.6) is 11.8 Å². The summed E-state index contributed by atoms with van der Waals surface area (Å²) in [5.74, 6) is 0.977. The van der Waals surface area contributed by atoms with E-state index in [0.29, 0.717) is 50.9 Å². The van der Waals surface area contributed by atoms with Gasteiger partial charge in [-0.25, -0.2) is 9.37 Å². The predicted octanol–water partition coefficient (Wildman–Crippen LogP) is 4.44. The second kappa shape index (κ2) is 12.6. The summed E-state index contributed by atoms with van der Waals surface area (Å²) in [6, 6.07) is 7.97. The number of amides is 1. The second-order valence-corrected chi connectivity index (χ2v) is 14.8. The number of benzene rings is 1. The van der Waals surface area contributed by atoms with Crippen molar-refractivity contribution in [3.8, 4) is 11.8 Å². The molecule has 7 rings (SSSR count). The third-order valence-corrected chi connectivity index (χ3v) is 11.4. The molecular formula is C36H49FN8O3. The number of phenols is 1. The number of halogens is 1. The Bertz CT molecular complexity index is 1700. The SMILES string of the molecule is Cc1nc(OC[C@@]23CCCN2C[C@H](F)C3)nc(N2CCCn3nc(C(=O)N(C)C)cc3C2)c1CN(C)[C@@]1(C)CCCc2ccc(O)cc21. The molecule has 3 aromatic rings. The van der Waals surface area contributed by atoms with Crippen LogP contribution in [0.1, 0.15) is 84.0 Å². The van der Waals surface area contributed by atoms with E-state index < -0.39 is 6.17 Å². The number of rotatable bonds is 8. The normalized spacial score (nSPS) is 25.5. The van der Waals surface area contributed by atoms with Crippen LogP contribution < -0.4 is 9.64 Å². The van der Waals surface area contributed by atoms with Gasteiger partial charge in [0.25, 0.3) is 5.91 Å². The van der Waals surface area contributed by atoms with Crippen molar-refractivity contribution in [1.29, 1.82) is 0 Å². The molecule has 0 spiro atoms. The van der Waals surface area contributed by atoms with Gasteiger partial charge in [-0.05, 0) is 95.3 Å². The van der Waals surface area contributed by atoms with E-state index in [9.17, 15) is 14.3 Å². The number of anilines is 1. The van der Waals surface area contributed by atoms with Gasteiger partial charge < -0.3 is 19.6 Å². The molecule has 0 unspecified atom stereocenters. The van der Waals surface area contributed by atoms with Gasteiger partial charge in [0.05, 0.1) is 23.5 Å². The van der Waals surface area contributed by atoms with E-state index in [1.54, 1.807) is 25.1 Å². The minimum atomic E-state index is -0.829. The predicted molar refractivity (Wildman–Crippen MR) is 181 cm³/mol. The maximum atomic E-state index is 14.5.